The van der Waals surface area contributed by atoms with Crippen LogP contribution in [0.1, 0.15) is 18.4 Å². The lowest BCUT2D eigenvalue weighted by atomic mass is 9.97. The fraction of sp³-hybridized carbons (Fsp3) is 0.409. The third kappa shape index (κ3) is 5.17. The largest absolute Gasteiger partial charge is 0.491 e. The lowest BCUT2D eigenvalue weighted by Gasteiger charge is -2.32. The minimum Gasteiger partial charge on any atom is -0.491 e. The van der Waals surface area contributed by atoms with Gasteiger partial charge in [0.25, 0.3) is 0 Å². The first kappa shape index (κ1) is 22.2. The summed E-state index contributed by atoms with van der Waals surface area (Å²) in [4.78, 5) is 14.4. The fourth-order valence-electron chi connectivity index (χ4n) is 3.53. The van der Waals surface area contributed by atoms with Crippen LogP contribution in [0.3, 0.4) is 0 Å². The second kappa shape index (κ2) is 9.57. The van der Waals surface area contributed by atoms with Gasteiger partial charge in [-0.3, -0.25) is 4.79 Å². The maximum atomic E-state index is 13.1. The topological polar surface area (TPSA) is 66.9 Å². The van der Waals surface area contributed by atoms with Crippen LogP contribution < -0.4 is 4.74 Å². The number of nitrogens with zero attached hydrogens (tertiary/aromatic N) is 2. The number of halogens is 1. The highest BCUT2D eigenvalue weighted by Gasteiger charge is 2.33. The monoisotopic (exact) mass is 434 g/mol. The lowest BCUT2D eigenvalue weighted by molar-refractivity contribution is -0.135. The minimum absolute atomic E-state index is 0.00205. The molecule has 30 heavy (non-hydrogen) atoms. The molecule has 2 aromatic carbocycles. The van der Waals surface area contributed by atoms with Gasteiger partial charge in [-0.1, -0.05) is 18.2 Å². The number of benzene rings is 2. The van der Waals surface area contributed by atoms with Crippen molar-refractivity contribution < 1.29 is 22.3 Å². The first-order chi connectivity index (χ1) is 14.3. The Bertz CT molecular complexity index is 971. The molecule has 1 amide bonds. The van der Waals surface area contributed by atoms with E-state index < -0.39 is 15.8 Å². The smallest absolute Gasteiger partial charge is 0.243 e. The number of piperidine rings is 1. The normalized spacial score (nSPS) is 15.7. The Labute approximate surface area is 177 Å². The van der Waals surface area contributed by atoms with Crippen LogP contribution in [0, 0.1) is 18.7 Å². The first-order valence-corrected chi connectivity index (χ1v) is 11.4. The fourth-order valence-corrected chi connectivity index (χ4v) is 5.00. The Kier molecular flexibility index (Phi) is 7.10. The van der Waals surface area contributed by atoms with Crippen molar-refractivity contribution in [1.82, 2.24) is 9.21 Å². The highest BCUT2D eigenvalue weighted by atomic mass is 32.2. The average Bonchev–Trinajstić information content (AvgIpc) is 2.75. The van der Waals surface area contributed by atoms with Crippen molar-refractivity contribution in [3.05, 3.63) is 59.9 Å². The summed E-state index contributed by atoms with van der Waals surface area (Å²) >= 11 is 0. The number of ether oxygens (including phenoxy) is 1. The molecule has 6 nitrogen and oxygen atoms in total. The number of amides is 1. The molecule has 0 radical (unpaired) electrons. The zero-order valence-electron chi connectivity index (χ0n) is 17.3. The number of carbonyl (C=O) groups is 1. The molecule has 1 saturated heterocycles. The van der Waals surface area contributed by atoms with Crippen LogP contribution in [0.5, 0.6) is 5.75 Å². The van der Waals surface area contributed by atoms with Crippen molar-refractivity contribution in [2.24, 2.45) is 5.92 Å². The highest BCUT2D eigenvalue weighted by molar-refractivity contribution is 7.89. The van der Waals surface area contributed by atoms with Crippen LogP contribution in [-0.4, -0.2) is 56.8 Å². The lowest BCUT2D eigenvalue weighted by Crippen LogP contribution is -2.44. The van der Waals surface area contributed by atoms with Gasteiger partial charge >= 0.3 is 0 Å². The molecule has 1 aliphatic rings. The maximum absolute atomic E-state index is 13.1. The zero-order valence-corrected chi connectivity index (χ0v) is 18.1. The van der Waals surface area contributed by atoms with Crippen LogP contribution in [0.15, 0.2) is 53.4 Å². The van der Waals surface area contributed by atoms with Gasteiger partial charge in [0.1, 0.15) is 18.2 Å². The van der Waals surface area contributed by atoms with Crippen LogP contribution in [0.2, 0.25) is 0 Å². The molecule has 1 heterocycles. The van der Waals surface area contributed by atoms with Gasteiger partial charge in [-0.25, -0.2) is 12.8 Å². The van der Waals surface area contributed by atoms with Gasteiger partial charge in [0.2, 0.25) is 15.9 Å². The SMILES string of the molecule is Cc1ccccc1OCCN(C)C(=O)C1CCN(S(=O)(=O)c2ccc(F)cc2)CC1. The molecule has 0 saturated carbocycles. The number of likely N-dealkylation sites (N-methyl/N-ethyl adjacent to an activating group) is 1. The zero-order chi connectivity index (χ0) is 21.7. The van der Waals surface area contributed by atoms with Gasteiger partial charge in [-0.15, -0.1) is 0 Å². The van der Waals surface area contributed by atoms with E-state index in [-0.39, 0.29) is 29.8 Å². The van der Waals surface area contributed by atoms with Crippen LogP contribution >= 0.6 is 0 Å². The van der Waals surface area contributed by atoms with E-state index in [2.05, 4.69) is 0 Å². The first-order valence-electron chi connectivity index (χ1n) is 9.98. The van der Waals surface area contributed by atoms with Crippen LogP contribution in [-0.2, 0) is 14.8 Å². The highest BCUT2D eigenvalue weighted by Crippen LogP contribution is 2.25. The number of rotatable bonds is 7. The molecule has 0 aromatic heterocycles. The molecule has 1 fully saturated rings. The van der Waals surface area contributed by atoms with Crippen molar-refractivity contribution in [3.8, 4) is 5.75 Å². The predicted octanol–water partition coefficient (Wildman–Crippen LogP) is 3.07. The molecule has 0 atom stereocenters. The standard InChI is InChI=1S/C22H27FN2O4S/c1-17-5-3-4-6-21(17)29-16-15-24(2)22(26)18-11-13-25(14-12-18)30(27,28)20-9-7-19(23)8-10-20/h3-10,18H,11-16H2,1-2H3. The van der Waals surface area contributed by atoms with Crippen molar-refractivity contribution in [2.45, 2.75) is 24.7 Å². The summed E-state index contributed by atoms with van der Waals surface area (Å²) < 4.78 is 45.6. The van der Waals surface area contributed by atoms with Gasteiger partial charge in [-0.2, -0.15) is 4.31 Å². The summed E-state index contributed by atoms with van der Waals surface area (Å²) in [5, 5.41) is 0. The second-order valence-electron chi connectivity index (χ2n) is 7.51. The van der Waals surface area contributed by atoms with E-state index in [9.17, 15) is 17.6 Å². The van der Waals surface area contributed by atoms with E-state index in [1.54, 1.807) is 11.9 Å². The van der Waals surface area contributed by atoms with Crippen LogP contribution in [0.25, 0.3) is 0 Å². The molecule has 0 unspecified atom stereocenters. The molecule has 162 valence electrons. The molecular formula is C22H27FN2O4S. The van der Waals surface area contributed by atoms with E-state index in [1.807, 2.05) is 31.2 Å². The summed E-state index contributed by atoms with van der Waals surface area (Å²) in [6.07, 6.45) is 0.921. The number of hydrogen-bond donors (Lipinski definition) is 0. The third-order valence-electron chi connectivity index (χ3n) is 5.41. The van der Waals surface area contributed by atoms with E-state index >= 15 is 0 Å². The summed E-state index contributed by atoms with van der Waals surface area (Å²) in [7, 11) is -1.93. The molecule has 0 bridgehead atoms. The molecule has 0 N–H and O–H groups in total. The van der Waals surface area contributed by atoms with Crippen molar-refractivity contribution in [2.75, 3.05) is 33.3 Å². The predicted molar refractivity (Wildman–Crippen MR) is 112 cm³/mol. The van der Waals surface area contributed by atoms with Crippen LogP contribution in [0.4, 0.5) is 4.39 Å². The summed E-state index contributed by atoms with van der Waals surface area (Å²) in [5.41, 5.74) is 1.04. The minimum atomic E-state index is -3.68. The summed E-state index contributed by atoms with van der Waals surface area (Å²) in [6.45, 7) is 3.36. The second-order valence-corrected chi connectivity index (χ2v) is 9.44. The molecule has 1 aliphatic heterocycles. The van der Waals surface area contributed by atoms with Gasteiger partial charge in [0.15, 0.2) is 0 Å². The Morgan fingerprint density at radius 2 is 1.77 bits per heavy atom. The molecule has 8 heteroatoms. The Morgan fingerprint density at radius 1 is 1.13 bits per heavy atom. The number of para-hydroxylation sites is 1. The van der Waals surface area contributed by atoms with Gasteiger partial charge < -0.3 is 9.64 Å². The van der Waals surface area contributed by atoms with Crippen molar-refractivity contribution in [1.29, 1.82) is 0 Å². The molecular weight excluding hydrogens is 407 g/mol. The van der Waals surface area contributed by atoms with E-state index in [0.29, 0.717) is 26.0 Å². The van der Waals surface area contributed by atoms with E-state index in [4.69, 9.17) is 4.74 Å². The molecule has 0 spiro atoms. The van der Waals surface area contributed by atoms with Gasteiger partial charge in [-0.05, 0) is 55.7 Å². The van der Waals surface area contributed by atoms with E-state index in [0.717, 1.165) is 23.4 Å². The number of aryl methyl sites for hydroxylation is 1. The summed E-state index contributed by atoms with van der Waals surface area (Å²) in [6, 6.07) is 12.5. The molecule has 0 aliphatic carbocycles. The molecule has 3 rings (SSSR count). The quantitative estimate of drug-likeness (QED) is 0.672. The number of sulfonamides is 1. The van der Waals surface area contributed by atoms with Crippen molar-refractivity contribution in [3.63, 3.8) is 0 Å². The van der Waals surface area contributed by atoms with Gasteiger partial charge in [0, 0.05) is 26.1 Å². The number of carbonyl (C=O) groups excluding carboxylic acids is 1. The third-order valence-corrected chi connectivity index (χ3v) is 7.32. The van der Waals surface area contributed by atoms with Gasteiger partial charge in [0.05, 0.1) is 11.4 Å². The van der Waals surface area contributed by atoms with Crippen molar-refractivity contribution >= 4 is 15.9 Å². The summed E-state index contributed by atoms with van der Waals surface area (Å²) in [5.74, 6) is 0.112. The average molecular weight is 435 g/mol. The molecule has 2 aromatic rings. The number of hydrogen-bond acceptors (Lipinski definition) is 4. The maximum Gasteiger partial charge on any atom is 0.243 e. The van der Waals surface area contributed by atoms with E-state index in [1.165, 1.54) is 16.4 Å². The Morgan fingerprint density at radius 3 is 2.40 bits per heavy atom. The Hall–Kier alpha value is -2.45. The Balaban J connectivity index is 1.49.